The van der Waals surface area contributed by atoms with Gasteiger partial charge in [0.25, 0.3) is 5.91 Å². The maximum Gasteiger partial charge on any atom is 0.254 e. The van der Waals surface area contributed by atoms with Crippen LogP contribution in [0.2, 0.25) is 0 Å². The molecule has 0 spiro atoms. The smallest absolute Gasteiger partial charge is 0.254 e. The predicted octanol–water partition coefficient (Wildman–Crippen LogP) is 2.00. The number of hydrogen-bond donors (Lipinski definition) is 1. The highest BCUT2D eigenvalue weighted by molar-refractivity contribution is 9.10. The molecule has 0 aromatic heterocycles. The Labute approximate surface area is 126 Å². The van der Waals surface area contributed by atoms with Crippen LogP contribution < -0.4 is 14.8 Å². The summed E-state index contributed by atoms with van der Waals surface area (Å²) in [5.74, 6) is 1.35. The van der Waals surface area contributed by atoms with Gasteiger partial charge in [0.05, 0.1) is 4.47 Å². The van der Waals surface area contributed by atoms with E-state index in [9.17, 15) is 4.79 Å². The molecule has 0 aliphatic carbocycles. The third kappa shape index (κ3) is 2.50. The lowest BCUT2D eigenvalue weighted by Crippen LogP contribution is -2.46. The van der Waals surface area contributed by atoms with Crippen LogP contribution in [-0.2, 0) is 0 Å². The summed E-state index contributed by atoms with van der Waals surface area (Å²) in [5.41, 5.74) is 0.637. The van der Waals surface area contributed by atoms with Crippen LogP contribution in [0, 0.1) is 0 Å². The number of carbonyl (C=O) groups is 1. The van der Waals surface area contributed by atoms with E-state index in [1.165, 1.54) is 0 Å². The van der Waals surface area contributed by atoms with E-state index in [1.54, 1.807) is 12.1 Å². The largest absolute Gasteiger partial charge is 0.454 e. The molecule has 2 aliphatic rings. The van der Waals surface area contributed by atoms with E-state index in [0.29, 0.717) is 23.1 Å². The lowest BCUT2D eigenvalue weighted by Gasteiger charge is -2.32. The van der Waals surface area contributed by atoms with Gasteiger partial charge in [0.2, 0.25) is 6.79 Å². The average molecular weight is 341 g/mol. The van der Waals surface area contributed by atoms with Crippen LogP contribution in [0.5, 0.6) is 11.5 Å². The number of amides is 1. The van der Waals surface area contributed by atoms with Crippen LogP contribution in [0.3, 0.4) is 0 Å². The molecule has 0 unspecified atom stereocenters. The zero-order valence-electron chi connectivity index (χ0n) is 11.3. The maximum atomic E-state index is 12.6. The third-order valence-electron chi connectivity index (χ3n) is 3.79. The first-order chi connectivity index (χ1) is 9.69. The zero-order chi connectivity index (χ0) is 14.1. The van der Waals surface area contributed by atoms with Gasteiger partial charge < -0.3 is 19.7 Å². The lowest BCUT2D eigenvalue weighted by molar-refractivity contribution is 0.0697. The summed E-state index contributed by atoms with van der Waals surface area (Å²) in [6.45, 7) is 1.77. The number of fused-ring (bicyclic) bond motifs is 1. The second kappa shape index (κ2) is 5.61. The topological polar surface area (TPSA) is 50.8 Å². The molecular weight excluding hydrogens is 324 g/mol. The summed E-state index contributed by atoms with van der Waals surface area (Å²) in [5, 5.41) is 3.25. The van der Waals surface area contributed by atoms with Gasteiger partial charge in [-0.2, -0.15) is 0 Å². The summed E-state index contributed by atoms with van der Waals surface area (Å²) in [4.78, 5) is 14.5. The molecule has 1 fully saturated rings. The Morgan fingerprint density at radius 1 is 1.45 bits per heavy atom. The lowest BCUT2D eigenvalue weighted by atomic mass is 10.0. The third-order valence-corrected chi connectivity index (χ3v) is 4.38. The highest BCUT2D eigenvalue weighted by atomic mass is 79.9. The number of carbonyl (C=O) groups excluding carboxylic acids is 1. The Balaban J connectivity index is 1.82. The van der Waals surface area contributed by atoms with Gasteiger partial charge in [-0.1, -0.05) is 0 Å². The average Bonchev–Trinajstić information content (AvgIpc) is 2.95. The van der Waals surface area contributed by atoms with Gasteiger partial charge in [0.15, 0.2) is 11.5 Å². The zero-order valence-corrected chi connectivity index (χ0v) is 12.9. The first-order valence-corrected chi connectivity index (χ1v) is 7.54. The molecule has 108 valence electrons. The number of ether oxygens (including phenoxy) is 2. The van der Waals surface area contributed by atoms with Crippen LogP contribution in [0.25, 0.3) is 0 Å². The number of rotatable bonds is 2. The second-order valence-corrected chi connectivity index (χ2v) is 5.93. The van der Waals surface area contributed by atoms with Crippen molar-refractivity contribution in [3.8, 4) is 11.5 Å². The molecule has 0 radical (unpaired) electrons. The van der Waals surface area contributed by atoms with Crippen molar-refractivity contribution < 1.29 is 14.3 Å². The van der Waals surface area contributed by atoms with Gasteiger partial charge in [-0.25, -0.2) is 0 Å². The van der Waals surface area contributed by atoms with Crippen LogP contribution in [0.4, 0.5) is 0 Å². The van der Waals surface area contributed by atoms with Crippen molar-refractivity contribution in [3.63, 3.8) is 0 Å². The molecule has 6 heteroatoms. The summed E-state index contributed by atoms with van der Waals surface area (Å²) in [6, 6.07) is 3.95. The minimum absolute atomic E-state index is 0.0453. The molecule has 1 N–H and O–H groups in total. The minimum atomic E-state index is 0.0453. The Bertz CT molecular complexity index is 535. The van der Waals surface area contributed by atoms with Gasteiger partial charge in [0, 0.05) is 24.7 Å². The molecule has 5 nitrogen and oxygen atoms in total. The van der Waals surface area contributed by atoms with E-state index >= 15 is 0 Å². The van der Waals surface area contributed by atoms with Crippen molar-refractivity contribution in [2.24, 2.45) is 0 Å². The highest BCUT2D eigenvalue weighted by Crippen LogP contribution is 2.40. The molecule has 20 heavy (non-hydrogen) atoms. The van der Waals surface area contributed by atoms with E-state index in [1.807, 2.05) is 11.9 Å². The minimum Gasteiger partial charge on any atom is -0.454 e. The van der Waals surface area contributed by atoms with E-state index in [-0.39, 0.29) is 12.7 Å². The second-order valence-electron chi connectivity index (χ2n) is 5.07. The Hall–Kier alpha value is -1.27. The number of hydrogen-bond acceptors (Lipinski definition) is 4. The Kier molecular flexibility index (Phi) is 3.85. The number of likely N-dealkylation sites (tertiary alicyclic amines) is 1. The summed E-state index contributed by atoms with van der Waals surface area (Å²) >= 11 is 3.43. The first-order valence-electron chi connectivity index (χ1n) is 6.74. The molecule has 0 saturated carbocycles. The Morgan fingerprint density at radius 3 is 3.10 bits per heavy atom. The number of piperidine rings is 1. The van der Waals surface area contributed by atoms with E-state index in [0.717, 1.165) is 30.4 Å². The molecule has 1 aromatic carbocycles. The van der Waals surface area contributed by atoms with Crippen LogP contribution in [-0.4, -0.2) is 43.8 Å². The van der Waals surface area contributed by atoms with Crippen LogP contribution in [0.15, 0.2) is 16.6 Å². The summed E-state index contributed by atoms with van der Waals surface area (Å²) in [6.07, 6.45) is 2.15. The fourth-order valence-corrected chi connectivity index (χ4v) is 3.23. The predicted molar refractivity (Wildman–Crippen MR) is 78.3 cm³/mol. The molecule has 2 aliphatic heterocycles. The molecule has 1 atom stereocenters. The number of nitrogens with one attached hydrogen (secondary N) is 1. The van der Waals surface area contributed by atoms with Crippen molar-refractivity contribution in [2.75, 3.05) is 26.9 Å². The highest BCUT2D eigenvalue weighted by Gasteiger charge is 2.26. The van der Waals surface area contributed by atoms with Crippen molar-refractivity contribution in [1.29, 1.82) is 0 Å². The normalized spacial score (nSPS) is 21.1. The van der Waals surface area contributed by atoms with E-state index in [2.05, 4.69) is 21.2 Å². The number of nitrogens with zero attached hydrogens (tertiary/aromatic N) is 1. The fourth-order valence-electron chi connectivity index (χ4n) is 2.67. The van der Waals surface area contributed by atoms with Crippen LogP contribution in [0.1, 0.15) is 23.2 Å². The fraction of sp³-hybridized carbons (Fsp3) is 0.500. The quantitative estimate of drug-likeness (QED) is 0.894. The molecule has 1 amide bonds. The standard InChI is InChI=1S/C14H17BrN2O3/c1-16-10-3-2-4-17(7-10)14(18)9-5-11(15)13-12(6-9)19-8-20-13/h5-6,10,16H,2-4,7-8H2,1H3/t10-/m0/s1. The SMILES string of the molecule is CN[C@H]1CCCN(C(=O)c2cc(Br)c3c(c2)OCO3)C1. The van der Waals surface area contributed by atoms with Gasteiger partial charge in [0.1, 0.15) is 0 Å². The first kappa shape index (κ1) is 13.7. The molecule has 0 bridgehead atoms. The number of halogens is 1. The number of likely N-dealkylation sites (N-methyl/N-ethyl adjacent to an activating group) is 1. The van der Waals surface area contributed by atoms with Gasteiger partial charge >= 0.3 is 0 Å². The Morgan fingerprint density at radius 2 is 2.30 bits per heavy atom. The van der Waals surface area contributed by atoms with E-state index in [4.69, 9.17) is 9.47 Å². The summed E-state index contributed by atoms with van der Waals surface area (Å²) < 4.78 is 11.5. The molecular formula is C14H17BrN2O3. The van der Waals surface area contributed by atoms with Crippen molar-refractivity contribution in [2.45, 2.75) is 18.9 Å². The van der Waals surface area contributed by atoms with E-state index < -0.39 is 0 Å². The molecule has 3 rings (SSSR count). The molecule has 1 aromatic rings. The van der Waals surface area contributed by atoms with Crippen LogP contribution >= 0.6 is 15.9 Å². The summed E-state index contributed by atoms with van der Waals surface area (Å²) in [7, 11) is 1.94. The maximum absolute atomic E-state index is 12.6. The number of benzene rings is 1. The van der Waals surface area contributed by atoms with Crippen molar-refractivity contribution in [3.05, 3.63) is 22.2 Å². The molecule has 1 saturated heterocycles. The molecule has 2 heterocycles. The van der Waals surface area contributed by atoms with Crippen molar-refractivity contribution >= 4 is 21.8 Å². The van der Waals surface area contributed by atoms with Gasteiger partial charge in [-0.05, 0) is 48.0 Å². The van der Waals surface area contributed by atoms with Crippen molar-refractivity contribution in [1.82, 2.24) is 10.2 Å². The van der Waals surface area contributed by atoms with Gasteiger partial charge in [-0.3, -0.25) is 4.79 Å². The monoisotopic (exact) mass is 340 g/mol. The van der Waals surface area contributed by atoms with Gasteiger partial charge in [-0.15, -0.1) is 0 Å².